The van der Waals surface area contributed by atoms with Crippen molar-refractivity contribution in [2.24, 2.45) is 0 Å². The molecule has 0 radical (unpaired) electrons. The molecule has 0 saturated carbocycles. The molecule has 3 rings (SSSR count). The minimum atomic E-state index is -0.406. The first-order chi connectivity index (χ1) is 11.5. The summed E-state index contributed by atoms with van der Waals surface area (Å²) in [5, 5.41) is 2.87. The Kier molecular flexibility index (Phi) is 4.57. The summed E-state index contributed by atoms with van der Waals surface area (Å²) >= 11 is 1.63. The molecular weight excluding hydrogens is 322 g/mol. The monoisotopic (exact) mass is 339 g/mol. The van der Waals surface area contributed by atoms with Gasteiger partial charge in [0, 0.05) is 33.4 Å². The fourth-order valence-corrected chi connectivity index (χ4v) is 3.26. The van der Waals surface area contributed by atoms with E-state index in [-0.39, 0.29) is 17.5 Å². The number of amides is 1. The van der Waals surface area contributed by atoms with E-state index in [1.165, 1.54) is 4.88 Å². The van der Waals surface area contributed by atoms with Crippen LogP contribution < -0.4 is 10.9 Å². The number of aromatic nitrogens is 2. The molecule has 0 bridgehead atoms. The number of nitrogens with one attached hydrogen (secondary N) is 2. The molecule has 0 fully saturated rings. The van der Waals surface area contributed by atoms with Crippen LogP contribution in [-0.4, -0.2) is 15.9 Å². The van der Waals surface area contributed by atoms with Crippen molar-refractivity contribution in [3.63, 3.8) is 0 Å². The van der Waals surface area contributed by atoms with E-state index >= 15 is 0 Å². The van der Waals surface area contributed by atoms with Crippen LogP contribution in [0.5, 0.6) is 0 Å². The minimum Gasteiger partial charge on any atom is -0.345 e. The Morgan fingerprint density at radius 2 is 1.92 bits per heavy atom. The van der Waals surface area contributed by atoms with Crippen LogP contribution in [0.25, 0.3) is 11.3 Å². The number of hydrogen-bond acceptors (Lipinski definition) is 4. The predicted molar refractivity (Wildman–Crippen MR) is 95.2 cm³/mol. The zero-order valence-corrected chi connectivity index (χ0v) is 14.2. The van der Waals surface area contributed by atoms with Crippen molar-refractivity contribution in [3.05, 3.63) is 74.5 Å². The van der Waals surface area contributed by atoms with Crippen molar-refractivity contribution >= 4 is 17.2 Å². The van der Waals surface area contributed by atoms with Gasteiger partial charge in [0.2, 0.25) is 0 Å². The Hall–Kier alpha value is -2.73. The van der Waals surface area contributed by atoms with Crippen molar-refractivity contribution in [2.45, 2.75) is 19.9 Å². The average Bonchev–Trinajstić information content (AvgIpc) is 3.02. The lowest BCUT2D eigenvalue weighted by molar-refractivity contribution is 0.0939. The molecule has 0 spiro atoms. The summed E-state index contributed by atoms with van der Waals surface area (Å²) in [5.74, 6) is -0.379. The molecule has 0 aliphatic heterocycles. The summed E-state index contributed by atoms with van der Waals surface area (Å²) in [5.41, 5.74) is 1.20. The Morgan fingerprint density at radius 1 is 1.17 bits per heavy atom. The molecule has 0 aromatic carbocycles. The molecular formula is C18H17N3O2S. The van der Waals surface area contributed by atoms with Gasteiger partial charge < -0.3 is 10.3 Å². The quantitative estimate of drug-likeness (QED) is 0.766. The topological polar surface area (TPSA) is 74.8 Å². The van der Waals surface area contributed by atoms with Crippen molar-refractivity contribution < 1.29 is 4.79 Å². The number of carbonyl (C=O) groups is 1. The highest BCUT2D eigenvalue weighted by Crippen LogP contribution is 2.22. The molecule has 1 atom stereocenters. The minimum absolute atomic E-state index is 0.105. The smallest absolute Gasteiger partial charge is 0.261 e. The Labute approximate surface area is 143 Å². The summed E-state index contributed by atoms with van der Waals surface area (Å²) in [6, 6.07) is 10.7. The van der Waals surface area contributed by atoms with Crippen molar-refractivity contribution in [2.75, 3.05) is 0 Å². The van der Waals surface area contributed by atoms with Crippen LogP contribution in [0.15, 0.2) is 53.6 Å². The molecule has 0 aliphatic carbocycles. The van der Waals surface area contributed by atoms with E-state index in [1.54, 1.807) is 48.0 Å². The van der Waals surface area contributed by atoms with E-state index < -0.39 is 5.56 Å². The molecule has 0 saturated heterocycles. The van der Waals surface area contributed by atoms with Crippen molar-refractivity contribution in [3.8, 4) is 11.3 Å². The van der Waals surface area contributed by atoms with Crippen LogP contribution in [-0.2, 0) is 0 Å². The van der Waals surface area contributed by atoms with Crippen LogP contribution in [0.1, 0.15) is 33.1 Å². The maximum Gasteiger partial charge on any atom is 0.261 e. The zero-order valence-electron chi connectivity index (χ0n) is 13.4. The van der Waals surface area contributed by atoms with Gasteiger partial charge in [-0.3, -0.25) is 14.6 Å². The van der Waals surface area contributed by atoms with Gasteiger partial charge in [0.25, 0.3) is 11.5 Å². The predicted octanol–water partition coefficient (Wildman–Crippen LogP) is 3.30. The SMILES string of the molecule is Cc1ccc([C@@H](C)NC(=O)c2ccc(-c3ccncc3)[nH]c2=O)s1. The molecule has 5 nitrogen and oxygen atoms in total. The number of carbonyl (C=O) groups excluding carboxylic acids is 1. The van der Waals surface area contributed by atoms with Gasteiger partial charge in [-0.05, 0) is 50.2 Å². The Bertz CT molecular complexity index is 915. The fraction of sp³-hybridized carbons (Fsp3) is 0.167. The first-order valence-corrected chi connectivity index (χ1v) is 8.37. The highest BCUT2D eigenvalue weighted by atomic mass is 32.1. The second kappa shape index (κ2) is 6.80. The number of rotatable bonds is 4. The van der Waals surface area contributed by atoms with Crippen LogP contribution in [0.2, 0.25) is 0 Å². The number of thiophene rings is 1. The number of H-pyrrole nitrogens is 1. The number of hydrogen-bond donors (Lipinski definition) is 2. The van der Waals surface area contributed by atoms with Gasteiger partial charge in [0.05, 0.1) is 6.04 Å². The summed E-state index contributed by atoms with van der Waals surface area (Å²) < 4.78 is 0. The summed E-state index contributed by atoms with van der Waals surface area (Å²) in [7, 11) is 0. The molecule has 3 aromatic heterocycles. The molecule has 3 heterocycles. The average molecular weight is 339 g/mol. The van der Waals surface area contributed by atoms with Crippen molar-refractivity contribution in [1.82, 2.24) is 15.3 Å². The number of nitrogens with zero attached hydrogens (tertiary/aromatic N) is 1. The number of pyridine rings is 2. The van der Waals surface area contributed by atoms with E-state index in [4.69, 9.17) is 0 Å². The van der Waals surface area contributed by atoms with E-state index in [0.717, 1.165) is 10.4 Å². The molecule has 0 unspecified atom stereocenters. The third-order valence-electron chi connectivity index (χ3n) is 3.68. The fourth-order valence-electron chi connectivity index (χ4n) is 2.38. The molecule has 122 valence electrons. The van der Waals surface area contributed by atoms with E-state index in [9.17, 15) is 9.59 Å². The standard InChI is InChI=1S/C18H17N3O2S/c1-11-3-6-16(24-11)12(2)20-17(22)14-4-5-15(21-18(14)23)13-7-9-19-10-8-13/h3-10,12H,1-2H3,(H,20,22)(H,21,23)/t12-/m1/s1. The lowest BCUT2D eigenvalue weighted by atomic mass is 10.1. The van der Waals surface area contributed by atoms with Crippen LogP contribution in [0.4, 0.5) is 0 Å². The maximum atomic E-state index is 12.4. The van der Waals surface area contributed by atoms with E-state index in [2.05, 4.69) is 15.3 Å². The second-order valence-electron chi connectivity index (χ2n) is 5.49. The molecule has 3 aromatic rings. The third kappa shape index (κ3) is 3.44. The summed E-state index contributed by atoms with van der Waals surface area (Å²) in [6.07, 6.45) is 3.30. The van der Waals surface area contributed by atoms with Gasteiger partial charge in [-0.1, -0.05) is 0 Å². The maximum absolute atomic E-state index is 12.4. The highest BCUT2D eigenvalue weighted by Gasteiger charge is 2.16. The van der Waals surface area contributed by atoms with Gasteiger partial charge in [0.15, 0.2) is 0 Å². The van der Waals surface area contributed by atoms with Crippen molar-refractivity contribution in [1.29, 1.82) is 0 Å². The van der Waals surface area contributed by atoms with Gasteiger partial charge in [-0.15, -0.1) is 11.3 Å². The normalized spacial score (nSPS) is 11.9. The highest BCUT2D eigenvalue weighted by molar-refractivity contribution is 7.12. The third-order valence-corrected chi connectivity index (χ3v) is 4.86. The van der Waals surface area contributed by atoms with Gasteiger partial charge in [-0.2, -0.15) is 0 Å². The molecule has 24 heavy (non-hydrogen) atoms. The molecule has 2 N–H and O–H groups in total. The van der Waals surface area contributed by atoms with Gasteiger partial charge in [0.1, 0.15) is 5.56 Å². The van der Waals surface area contributed by atoms with E-state index in [0.29, 0.717) is 5.69 Å². The van der Waals surface area contributed by atoms with Crippen LogP contribution in [0, 0.1) is 6.92 Å². The van der Waals surface area contributed by atoms with Crippen LogP contribution >= 0.6 is 11.3 Å². The lowest BCUT2D eigenvalue weighted by Crippen LogP contribution is -2.31. The first-order valence-electron chi connectivity index (χ1n) is 7.55. The molecule has 0 aliphatic rings. The lowest BCUT2D eigenvalue weighted by Gasteiger charge is -2.12. The van der Waals surface area contributed by atoms with E-state index in [1.807, 2.05) is 26.0 Å². The Morgan fingerprint density at radius 3 is 2.54 bits per heavy atom. The summed E-state index contributed by atoms with van der Waals surface area (Å²) in [6.45, 7) is 3.92. The number of aryl methyl sites for hydroxylation is 1. The first kappa shape index (κ1) is 16.1. The molecule has 1 amide bonds. The zero-order chi connectivity index (χ0) is 17.1. The Balaban J connectivity index is 1.79. The van der Waals surface area contributed by atoms with Crippen LogP contribution in [0.3, 0.4) is 0 Å². The molecule has 6 heteroatoms. The summed E-state index contributed by atoms with van der Waals surface area (Å²) in [4.78, 5) is 33.6. The largest absolute Gasteiger partial charge is 0.345 e. The second-order valence-corrected chi connectivity index (χ2v) is 6.81. The van der Waals surface area contributed by atoms with Gasteiger partial charge >= 0.3 is 0 Å². The van der Waals surface area contributed by atoms with Gasteiger partial charge in [-0.25, -0.2) is 0 Å². The number of aromatic amines is 1.